The fourth-order valence-electron chi connectivity index (χ4n) is 2.83. The first kappa shape index (κ1) is 18.8. The smallest absolute Gasteiger partial charge is 0.315 e. The van der Waals surface area contributed by atoms with Crippen LogP contribution < -0.4 is 15.4 Å². The Balaban J connectivity index is 1.55. The number of ether oxygens (including phenoxy) is 1. The van der Waals surface area contributed by atoms with Gasteiger partial charge in [0.1, 0.15) is 11.6 Å². The molecule has 142 valence electrons. The van der Waals surface area contributed by atoms with Crippen molar-refractivity contribution in [1.82, 2.24) is 10.6 Å². The Morgan fingerprint density at radius 3 is 2.74 bits per heavy atom. The third kappa shape index (κ3) is 4.78. The van der Waals surface area contributed by atoms with Crippen molar-refractivity contribution in [1.29, 1.82) is 0 Å². The van der Waals surface area contributed by atoms with Crippen LogP contribution in [-0.4, -0.2) is 19.2 Å². The van der Waals surface area contributed by atoms with Gasteiger partial charge in [0, 0.05) is 11.9 Å². The van der Waals surface area contributed by atoms with Crippen molar-refractivity contribution < 1.29 is 18.3 Å². The molecule has 0 saturated carbocycles. The van der Waals surface area contributed by atoms with Crippen molar-refractivity contribution >= 4 is 17.0 Å². The molecule has 0 aliphatic heterocycles. The molecule has 0 fully saturated rings. The van der Waals surface area contributed by atoms with Crippen molar-refractivity contribution in [2.45, 2.75) is 26.3 Å². The average molecular weight is 370 g/mol. The van der Waals surface area contributed by atoms with Crippen molar-refractivity contribution in [2.75, 3.05) is 13.2 Å². The Morgan fingerprint density at radius 2 is 2.00 bits per heavy atom. The third-order valence-electron chi connectivity index (χ3n) is 4.21. The molecular weight excluding hydrogens is 347 g/mol. The molecule has 2 aromatic carbocycles. The number of amides is 2. The molecule has 3 aromatic rings. The number of urea groups is 1. The SMILES string of the molecule is CCOc1cccc2cc([C@H](C)NC(=O)NCCc3ccc(F)cc3)oc12. The highest BCUT2D eigenvalue weighted by atomic mass is 19.1. The summed E-state index contributed by atoms with van der Waals surface area (Å²) < 4.78 is 24.4. The van der Waals surface area contributed by atoms with Gasteiger partial charge in [-0.3, -0.25) is 0 Å². The van der Waals surface area contributed by atoms with Crippen LogP contribution in [0.2, 0.25) is 0 Å². The maximum Gasteiger partial charge on any atom is 0.315 e. The minimum absolute atomic E-state index is 0.267. The molecule has 5 nitrogen and oxygen atoms in total. The number of nitrogens with one attached hydrogen (secondary N) is 2. The predicted molar refractivity (Wildman–Crippen MR) is 102 cm³/mol. The Labute approximate surface area is 157 Å². The highest BCUT2D eigenvalue weighted by molar-refractivity contribution is 5.84. The van der Waals surface area contributed by atoms with Crippen molar-refractivity contribution in [2.24, 2.45) is 0 Å². The number of hydrogen-bond acceptors (Lipinski definition) is 3. The summed E-state index contributed by atoms with van der Waals surface area (Å²) in [5.74, 6) is 1.08. The molecule has 2 N–H and O–H groups in total. The zero-order valence-corrected chi connectivity index (χ0v) is 15.4. The van der Waals surface area contributed by atoms with Gasteiger partial charge in [-0.15, -0.1) is 0 Å². The lowest BCUT2D eigenvalue weighted by atomic mass is 10.1. The second-order valence-electron chi connectivity index (χ2n) is 6.25. The molecule has 0 unspecified atom stereocenters. The van der Waals surface area contributed by atoms with Gasteiger partial charge >= 0.3 is 6.03 Å². The van der Waals surface area contributed by atoms with Crippen molar-refractivity contribution in [3.63, 3.8) is 0 Å². The summed E-state index contributed by atoms with van der Waals surface area (Å²) in [6.07, 6.45) is 0.629. The zero-order chi connectivity index (χ0) is 19.2. The number of carbonyl (C=O) groups excluding carboxylic acids is 1. The van der Waals surface area contributed by atoms with Crippen LogP contribution in [0.4, 0.5) is 9.18 Å². The Morgan fingerprint density at radius 1 is 1.22 bits per heavy atom. The van der Waals surface area contributed by atoms with Crippen LogP contribution in [0, 0.1) is 5.82 Å². The van der Waals surface area contributed by atoms with Crippen LogP contribution in [0.25, 0.3) is 11.0 Å². The molecule has 0 spiro atoms. The van der Waals surface area contributed by atoms with Crippen LogP contribution in [0.3, 0.4) is 0 Å². The average Bonchev–Trinajstić information content (AvgIpc) is 3.09. The Kier molecular flexibility index (Phi) is 5.96. The van der Waals surface area contributed by atoms with Gasteiger partial charge in [-0.05, 0) is 50.1 Å². The summed E-state index contributed by atoms with van der Waals surface area (Å²) in [5.41, 5.74) is 1.64. The topological polar surface area (TPSA) is 63.5 Å². The predicted octanol–water partition coefficient (Wildman–Crippen LogP) is 4.57. The third-order valence-corrected chi connectivity index (χ3v) is 4.21. The summed E-state index contributed by atoms with van der Waals surface area (Å²) in [7, 11) is 0. The molecule has 3 rings (SSSR count). The van der Waals surface area contributed by atoms with Gasteiger partial charge in [-0.25, -0.2) is 9.18 Å². The molecular formula is C21H23FN2O3. The Hall–Kier alpha value is -3.02. The van der Waals surface area contributed by atoms with Crippen LogP contribution in [0.15, 0.2) is 52.9 Å². The van der Waals surface area contributed by atoms with Gasteiger partial charge in [0.2, 0.25) is 0 Å². The number of furan rings is 1. The van der Waals surface area contributed by atoms with Gasteiger partial charge in [-0.1, -0.05) is 24.3 Å². The van der Waals surface area contributed by atoms with E-state index in [1.807, 2.05) is 38.1 Å². The summed E-state index contributed by atoms with van der Waals surface area (Å²) in [6, 6.07) is 13.3. The summed E-state index contributed by atoms with van der Waals surface area (Å²) >= 11 is 0. The molecule has 1 atom stereocenters. The zero-order valence-electron chi connectivity index (χ0n) is 15.4. The van der Waals surface area contributed by atoms with Crippen molar-refractivity contribution in [3.05, 3.63) is 65.7 Å². The lowest BCUT2D eigenvalue weighted by molar-refractivity contribution is 0.236. The normalized spacial score (nSPS) is 12.0. The number of para-hydroxylation sites is 1. The van der Waals surface area contributed by atoms with E-state index in [9.17, 15) is 9.18 Å². The van der Waals surface area contributed by atoms with Crippen molar-refractivity contribution in [3.8, 4) is 5.75 Å². The van der Waals surface area contributed by atoms with Gasteiger partial charge in [-0.2, -0.15) is 0 Å². The molecule has 0 aliphatic rings. The first-order valence-corrected chi connectivity index (χ1v) is 9.01. The van der Waals surface area contributed by atoms with Gasteiger partial charge in [0.15, 0.2) is 11.3 Å². The first-order valence-electron chi connectivity index (χ1n) is 9.01. The highest BCUT2D eigenvalue weighted by Crippen LogP contribution is 2.31. The molecule has 0 saturated heterocycles. The number of halogens is 1. The van der Waals surface area contributed by atoms with E-state index in [0.717, 1.165) is 10.9 Å². The molecule has 1 aromatic heterocycles. The second kappa shape index (κ2) is 8.58. The van der Waals surface area contributed by atoms with E-state index in [-0.39, 0.29) is 17.9 Å². The Bertz CT molecular complexity index is 905. The minimum atomic E-state index is -0.294. The largest absolute Gasteiger partial charge is 0.490 e. The maximum atomic E-state index is 12.9. The quantitative estimate of drug-likeness (QED) is 0.640. The van der Waals surface area contributed by atoms with E-state index < -0.39 is 0 Å². The molecule has 0 radical (unpaired) electrons. The van der Waals surface area contributed by atoms with Crippen LogP contribution >= 0.6 is 0 Å². The molecule has 0 aliphatic carbocycles. The summed E-state index contributed by atoms with van der Waals surface area (Å²) in [5, 5.41) is 6.59. The monoisotopic (exact) mass is 370 g/mol. The van der Waals surface area contributed by atoms with E-state index >= 15 is 0 Å². The van der Waals surface area contributed by atoms with Gasteiger partial charge in [0.05, 0.1) is 12.6 Å². The number of fused-ring (bicyclic) bond motifs is 1. The standard InChI is InChI=1S/C21H23FN2O3/c1-3-26-18-6-4-5-16-13-19(27-20(16)18)14(2)24-21(25)23-12-11-15-7-9-17(22)10-8-15/h4-10,13-14H,3,11-12H2,1-2H3,(H2,23,24,25)/t14-/m0/s1. The van der Waals surface area contributed by atoms with Crippen LogP contribution in [0.5, 0.6) is 5.75 Å². The van der Waals surface area contributed by atoms with Crippen LogP contribution in [0.1, 0.15) is 31.2 Å². The first-order chi connectivity index (χ1) is 13.1. The highest BCUT2D eigenvalue weighted by Gasteiger charge is 2.16. The number of hydrogen-bond donors (Lipinski definition) is 2. The van der Waals surface area contributed by atoms with E-state index in [1.54, 1.807) is 12.1 Å². The summed E-state index contributed by atoms with van der Waals surface area (Å²) in [6.45, 7) is 4.79. The fourth-order valence-corrected chi connectivity index (χ4v) is 2.83. The number of benzene rings is 2. The van der Waals surface area contributed by atoms with E-state index in [1.165, 1.54) is 12.1 Å². The fraction of sp³-hybridized carbons (Fsp3) is 0.286. The van der Waals surface area contributed by atoms with E-state index in [2.05, 4.69) is 10.6 Å². The number of rotatable bonds is 7. The van der Waals surface area contributed by atoms with Gasteiger partial charge < -0.3 is 19.8 Å². The van der Waals surface area contributed by atoms with Gasteiger partial charge in [0.25, 0.3) is 0 Å². The molecule has 0 bridgehead atoms. The molecule has 6 heteroatoms. The van der Waals surface area contributed by atoms with E-state index in [4.69, 9.17) is 9.15 Å². The number of carbonyl (C=O) groups is 1. The lowest BCUT2D eigenvalue weighted by Gasteiger charge is -2.12. The minimum Gasteiger partial charge on any atom is -0.490 e. The van der Waals surface area contributed by atoms with E-state index in [0.29, 0.717) is 36.7 Å². The molecule has 27 heavy (non-hydrogen) atoms. The molecule has 1 heterocycles. The maximum absolute atomic E-state index is 12.9. The van der Waals surface area contributed by atoms with Crippen LogP contribution in [-0.2, 0) is 6.42 Å². The summed E-state index contributed by atoms with van der Waals surface area (Å²) in [4.78, 5) is 12.1. The lowest BCUT2D eigenvalue weighted by Crippen LogP contribution is -2.37. The molecule has 2 amide bonds. The second-order valence-corrected chi connectivity index (χ2v) is 6.25.